The third-order valence-electron chi connectivity index (χ3n) is 3.11. The Kier molecular flexibility index (Phi) is 4.24. The second-order valence-electron chi connectivity index (χ2n) is 4.34. The molecule has 0 aromatic heterocycles. The summed E-state index contributed by atoms with van der Waals surface area (Å²) in [4.78, 5) is -0.268. The Morgan fingerprint density at radius 1 is 1.05 bits per heavy atom. The molecule has 0 bridgehead atoms. The highest BCUT2D eigenvalue weighted by Gasteiger charge is 2.26. The Hall–Kier alpha value is -1.99. The maximum absolute atomic E-state index is 13.7. The Bertz CT molecular complexity index is 763. The number of rotatable bonds is 4. The summed E-state index contributed by atoms with van der Waals surface area (Å²) in [5, 5.41) is 0. The van der Waals surface area contributed by atoms with E-state index in [0.29, 0.717) is 0 Å². The van der Waals surface area contributed by atoms with E-state index in [1.165, 1.54) is 37.4 Å². The summed E-state index contributed by atoms with van der Waals surface area (Å²) in [5.74, 6) is -1.39. The molecule has 0 aliphatic rings. The zero-order valence-corrected chi connectivity index (χ0v) is 12.1. The fraction of sp³-hybridized carbons (Fsp3) is 0.143. The summed E-state index contributed by atoms with van der Waals surface area (Å²) in [6.45, 7) is -0.271. The number of benzene rings is 2. The van der Waals surface area contributed by atoms with Crippen molar-refractivity contribution in [3.8, 4) is 0 Å². The number of halogens is 2. The standard InChI is InChI=1S/C14H14F2N2O2S/c1-18(13-7-3-2-5-12(13)16)21(19,20)14-8-4-6-11(15)10(14)9-17/h2-8H,9,17H2,1H3. The molecule has 0 aliphatic heterocycles. The Balaban J connectivity index is 2.58. The number of nitrogens with two attached hydrogens (primary N) is 1. The largest absolute Gasteiger partial charge is 0.326 e. The van der Waals surface area contributed by atoms with E-state index in [9.17, 15) is 17.2 Å². The van der Waals surface area contributed by atoms with Crippen molar-refractivity contribution in [1.82, 2.24) is 0 Å². The first-order valence-electron chi connectivity index (χ1n) is 6.10. The minimum Gasteiger partial charge on any atom is -0.326 e. The van der Waals surface area contributed by atoms with Crippen LogP contribution < -0.4 is 10.0 Å². The molecule has 2 rings (SSSR count). The van der Waals surface area contributed by atoms with Gasteiger partial charge in [-0.15, -0.1) is 0 Å². The molecule has 0 saturated carbocycles. The first kappa shape index (κ1) is 15.4. The second-order valence-corrected chi connectivity index (χ2v) is 6.28. The van der Waals surface area contributed by atoms with Gasteiger partial charge in [-0.2, -0.15) is 0 Å². The first-order chi connectivity index (χ1) is 9.89. The third-order valence-corrected chi connectivity index (χ3v) is 4.97. The lowest BCUT2D eigenvalue weighted by Gasteiger charge is -2.21. The van der Waals surface area contributed by atoms with Crippen LogP contribution >= 0.6 is 0 Å². The third kappa shape index (κ3) is 2.74. The maximum Gasteiger partial charge on any atom is 0.264 e. The molecule has 2 aromatic rings. The lowest BCUT2D eigenvalue weighted by molar-refractivity contribution is 0.578. The molecule has 0 spiro atoms. The number of hydrogen-bond donors (Lipinski definition) is 1. The monoisotopic (exact) mass is 312 g/mol. The molecule has 0 saturated heterocycles. The predicted octanol–water partition coefficient (Wildman–Crippen LogP) is 2.25. The SMILES string of the molecule is CN(c1ccccc1F)S(=O)(=O)c1cccc(F)c1CN. The van der Waals surface area contributed by atoms with E-state index in [4.69, 9.17) is 5.73 Å². The van der Waals surface area contributed by atoms with E-state index in [1.807, 2.05) is 0 Å². The average Bonchev–Trinajstić information content (AvgIpc) is 2.46. The minimum absolute atomic E-state index is 0.121. The number of sulfonamides is 1. The molecule has 4 nitrogen and oxygen atoms in total. The van der Waals surface area contributed by atoms with Crippen LogP contribution in [0.1, 0.15) is 5.56 Å². The summed E-state index contributed by atoms with van der Waals surface area (Å²) in [5.41, 5.74) is 5.17. The number of anilines is 1. The van der Waals surface area contributed by atoms with Gasteiger partial charge in [0.25, 0.3) is 10.0 Å². The average molecular weight is 312 g/mol. The Labute approximate surface area is 121 Å². The van der Waals surface area contributed by atoms with Gasteiger partial charge in [0.05, 0.1) is 10.6 Å². The second kappa shape index (κ2) is 5.79. The molecular weight excluding hydrogens is 298 g/mol. The van der Waals surface area contributed by atoms with Gasteiger partial charge in [-0.25, -0.2) is 17.2 Å². The summed E-state index contributed by atoms with van der Waals surface area (Å²) in [6, 6.07) is 9.09. The normalized spacial score (nSPS) is 11.4. The fourth-order valence-electron chi connectivity index (χ4n) is 1.96. The molecule has 2 N–H and O–H groups in total. The molecule has 0 fully saturated rings. The highest BCUT2D eigenvalue weighted by molar-refractivity contribution is 7.92. The van der Waals surface area contributed by atoms with Crippen LogP contribution in [0.25, 0.3) is 0 Å². The molecule has 0 amide bonds. The van der Waals surface area contributed by atoms with E-state index in [0.717, 1.165) is 16.4 Å². The van der Waals surface area contributed by atoms with E-state index in [-0.39, 0.29) is 22.7 Å². The summed E-state index contributed by atoms with van der Waals surface area (Å²) >= 11 is 0. The van der Waals surface area contributed by atoms with Gasteiger partial charge < -0.3 is 5.73 Å². The van der Waals surface area contributed by atoms with Gasteiger partial charge in [0.2, 0.25) is 0 Å². The molecule has 0 atom stereocenters. The topological polar surface area (TPSA) is 63.4 Å². The van der Waals surface area contributed by atoms with Crippen LogP contribution in [-0.2, 0) is 16.6 Å². The summed E-state index contributed by atoms with van der Waals surface area (Å²) in [6.07, 6.45) is 0. The van der Waals surface area contributed by atoms with Crippen molar-refractivity contribution in [3.63, 3.8) is 0 Å². The highest BCUT2D eigenvalue weighted by Crippen LogP contribution is 2.27. The van der Waals surface area contributed by atoms with Gasteiger partial charge >= 0.3 is 0 Å². The van der Waals surface area contributed by atoms with E-state index in [1.54, 1.807) is 0 Å². The lowest BCUT2D eigenvalue weighted by Crippen LogP contribution is -2.29. The molecule has 0 unspecified atom stereocenters. The number of nitrogens with zero attached hydrogens (tertiary/aromatic N) is 1. The van der Waals surface area contributed by atoms with E-state index >= 15 is 0 Å². The number of hydrogen-bond acceptors (Lipinski definition) is 3. The van der Waals surface area contributed by atoms with Crippen LogP contribution in [0.2, 0.25) is 0 Å². The van der Waals surface area contributed by atoms with Crippen LogP contribution in [0.4, 0.5) is 14.5 Å². The number of para-hydroxylation sites is 1. The summed E-state index contributed by atoms with van der Waals surface area (Å²) < 4.78 is 53.3. The predicted molar refractivity (Wildman–Crippen MR) is 76.3 cm³/mol. The Morgan fingerprint density at radius 3 is 2.29 bits per heavy atom. The lowest BCUT2D eigenvalue weighted by atomic mass is 10.2. The zero-order valence-electron chi connectivity index (χ0n) is 11.3. The zero-order chi connectivity index (χ0) is 15.6. The van der Waals surface area contributed by atoms with E-state index < -0.39 is 21.7 Å². The van der Waals surface area contributed by atoms with Gasteiger partial charge in [-0.3, -0.25) is 4.31 Å². The highest BCUT2D eigenvalue weighted by atomic mass is 32.2. The van der Waals surface area contributed by atoms with Crippen LogP contribution in [0, 0.1) is 11.6 Å². The molecular formula is C14H14F2N2O2S. The van der Waals surface area contributed by atoms with Crippen molar-refractivity contribution >= 4 is 15.7 Å². The van der Waals surface area contributed by atoms with Crippen molar-refractivity contribution in [2.75, 3.05) is 11.4 Å². The first-order valence-corrected chi connectivity index (χ1v) is 7.54. The molecule has 0 aliphatic carbocycles. The van der Waals surface area contributed by atoms with Crippen molar-refractivity contribution < 1.29 is 17.2 Å². The van der Waals surface area contributed by atoms with Gasteiger partial charge in [0, 0.05) is 19.2 Å². The Morgan fingerprint density at radius 2 is 1.67 bits per heavy atom. The van der Waals surface area contributed by atoms with Crippen molar-refractivity contribution in [2.24, 2.45) is 5.73 Å². The minimum atomic E-state index is -4.11. The van der Waals surface area contributed by atoms with Crippen molar-refractivity contribution in [1.29, 1.82) is 0 Å². The van der Waals surface area contributed by atoms with Crippen LogP contribution in [-0.4, -0.2) is 15.5 Å². The maximum atomic E-state index is 13.7. The molecule has 0 heterocycles. The molecule has 2 aromatic carbocycles. The van der Waals surface area contributed by atoms with Crippen LogP contribution in [0.5, 0.6) is 0 Å². The van der Waals surface area contributed by atoms with Crippen molar-refractivity contribution in [3.05, 3.63) is 59.7 Å². The van der Waals surface area contributed by atoms with Gasteiger partial charge in [-0.1, -0.05) is 18.2 Å². The molecule has 0 radical (unpaired) electrons. The molecule has 21 heavy (non-hydrogen) atoms. The van der Waals surface area contributed by atoms with Gasteiger partial charge in [-0.05, 0) is 24.3 Å². The van der Waals surface area contributed by atoms with Gasteiger partial charge in [0.1, 0.15) is 11.6 Å². The smallest absolute Gasteiger partial charge is 0.264 e. The van der Waals surface area contributed by atoms with Crippen LogP contribution in [0.3, 0.4) is 0 Å². The van der Waals surface area contributed by atoms with Crippen LogP contribution in [0.15, 0.2) is 47.4 Å². The quantitative estimate of drug-likeness (QED) is 0.942. The molecule has 7 heteroatoms. The van der Waals surface area contributed by atoms with Gasteiger partial charge in [0.15, 0.2) is 0 Å². The molecule has 112 valence electrons. The fourth-order valence-corrected chi connectivity index (χ4v) is 3.41. The summed E-state index contributed by atoms with van der Waals surface area (Å²) in [7, 11) is -2.90. The van der Waals surface area contributed by atoms with E-state index in [2.05, 4.69) is 0 Å². The van der Waals surface area contributed by atoms with Crippen molar-refractivity contribution in [2.45, 2.75) is 11.4 Å².